The smallest absolute Gasteiger partial charge is 0.220 e. The van der Waals surface area contributed by atoms with Crippen molar-refractivity contribution in [2.45, 2.75) is 379 Å². The summed E-state index contributed by atoms with van der Waals surface area (Å²) < 4.78 is 0. The van der Waals surface area contributed by atoms with Gasteiger partial charge in [-0.1, -0.05) is 346 Å². The molecule has 0 aromatic rings. The molecule has 0 aliphatic carbocycles. The van der Waals surface area contributed by atoms with Gasteiger partial charge in [-0.3, -0.25) is 4.79 Å². The Balaban J connectivity index is 3.43. The summed E-state index contributed by atoms with van der Waals surface area (Å²) in [6, 6.07) is -0.622. The van der Waals surface area contributed by atoms with Gasteiger partial charge in [0.25, 0.3) is 0 Å². The van der Waals surface area contributed by atoms with E-state index in [4.69, 9.17) is 0 Å². The summed E-state index contributed by atoms with van der Waals surface area (Å²) >= 11 is 0. The van der Waals surface area contributed by atoms with Gasteiger partial charge in [0.15, 0.2) is 0 Å². The van der Waals surface area contributed by atoms with Crippen molar-refractivity contribution in [3.8, 4) is 0 Å². The van der Waals surface area contributed by atoms with E-state index in [-0.39, 0.29) is 12.5 Å². The maximum Gasteiger partial charge on any atom is 0.220 e. The molecule has 0 aliphatic heterocycles. The maximum atomic E-state index is 12.5. The van der Waals surface area contributed by atoms with Gasteiger partial charge in [0.05, 0.1) is 18.8 Å². The number of aliphatic hydroxyl groups excluding tert-OH is 2. The molecule has 71 heavy (non-hydrogen) atoms. The lowest BCUT2D eigenvalue weighted by Crippen LogP contribution is -2.45. The van der Waals surface area contributed by atoms with Crippen molar-refractivity contribution >= 4 is 5.91 Å². The number of unbranched alkanes of at least 4 members (excludes halogenated alkanes) is 50. The molecule has 0 aromatic carbocycles. The zero-order valence-electron chi connectivity index (χ0n) is 48.5. The monoisotopic (exact) mass is 996 g/mol. The summed E-state index contributed by atoms with van der Waals surface area (Å²) in [5.74, 6) is -0.0562. The Bertz CT molecular complexity index is 1080. The van der Waals surface area contributed by atoms with Crippen LogP contribution in [0.1, 0.15) is 367 Å². The van der Waals surface area contributed by atoms with Crippen LogP contribution in [0.25, 0.3) is 0 Å². The van der Waals surface area contributed by atoms with Crippen molar-refractivity contribution in [3.05, 3.63) is 36.5 Å². The lowest BCUT2D eigenvalue weighted by molar-refractivity contribution is -0.123. The van der Waals surface area contributed by atoms with Gasteiger partial charge in [0.2, 0.25) is 5.91 Å². The Kier molecular flexibility index (Phi) is 61.7. The molecule has 0 heterocycles. The largest absolute Gasteiger partial charge is 0.394 e. The first-order chi connectivity index (χ1) is 35.2. The number of amides is 1. The highest BCUT2D eigenvalue weighted by Crippen LogP contribution is 2.18. The molecule has 3 N–H and O–H groups in total. The molecule has 1 amide bonds. The molecule has 0 rings (SSSR count). The van der Waals surface area contributed by atoms with Crippen LogP contribution >= 0.6 is 0 Å². The molecule has 0 spiro atoms. The van der Waals surface area contributed by atoms with Crippen molar-refractivity contribution in [2.24, 2.45) is 0 Å². The van der Waals surface area contributed by atoms with E-state index in [1.807, 2.05) is 6.08 Å². The van der Waals surface area contributed by atoms with Crippen LogP contribution in [0, 0.1) is 0 Å². The van der Waals surface area contributed by atoms with Crippen LogP contribution < -0.4 is 5.32 Å². The number of hydrogen-bond donors (Lipinski definition) is 3. The van der Waals surface area contributed by atoms with Gasteiger partial charge in [-0.25, -0.2) is 0 Å². The molecule has 0 aromatic heterocycles. The molecule has 2 atom stereocenters. The summed E-state index contributed by atoms with van der Waals surface area (Å²) in [6.45, 7) is 4.34. The van der Waals surface area contributed by atoms with Crippen LogP contribution in [0.2, 0.25) is 0 Å². The van der Waals surface area contributed by atoms with Crippen molar-refractivity contribution in [1.29, 1.82) is 0 Å². The summed E-state index contributed by atoms with van der Waals surface area (Å²) in [5, 5.41) is 23.3. The van der Waals surface area contributed by atoms with E-state index in [1.54, 1.807) is 6.08 Å². The first-order valence-electron chi connectivity index (χ1n) is 32.7. The standard InChI is InChI=1S/C67H129NO3/c1-3-5-7-9-11-13-15-17-19-21-23-25-27-29-31-32-33-34-35-36-37-39-41-43-45-47-49-51-53-55-57-59-61-63-67(71)68-65(64-69)66(70)62-60-58-56-54-52-50-48-46-44-42-40-38-30-28-26-24-22-20-18-16-14-12-10-8-6-4-2/h15,17,21,23,60,62,65-66,69-70H,3-14,16,18-20,22,24-59,61,63-64H2,1-2H3,(H,68,71)/b17-15-,23-21-,62-60+. The molecule has 0 saturated heterocycles. The molecule has 4 nitrogen and oxygen atoms in total. The fourth-order valence-electron chi connectivity index (χ4n) is 10.4. The zero-order chi connectivity index (χ0) is 51.3. The average Bonchev–Trinajstić information content (AvgIpc) is 3.37. The summed E-state index contributed by atoms with van der Waals surface area (Å²) in [4.78, 5) is 12.5. The molecule has 4 heteroatoms. The minimum absolute atomic E-state index is 0.0562. The Morgan fingerprint density at radius 1 is 0.338 bits per heavy atom. The molecule has 420 valence electrons. The van der Waals surface area contributed by atoms with Gasteiger partial charge in [-0.2, -0.15) is 0 Å². The second-order valence-corrected chi connectivity index (χ2v) is 22.5. The van der Waals surface area contributed by atoms with Crippen LogP contribution in [0.3, 0.4) is 0 Å². The quantitative estimate of drug-likeness (QED) is 0.0420. The normalized spacial score (nSPS) is 12.9. The Morgan fingerprint density at radius 3 is 0.845 bits per heavy atom. The number of hydrogen-bond acceptors (Lipinski definition) is 3. The van der Waals surface area contributed by atoms with E-state index in [1.165, 1.54) is 315 Å². The average molecular weight is 997 g/mol. The van der Waals surface area contributed by atoms with Crippen molar-refractivity contribution < 1.29 is 15.0 Å². The lowest BCUT2D eigenvalue weighted by Gasteiger charge is -2.20. The third-order valence-electron chi connectivity index (χ3n) is 15.4. The van der Waals surface area contributed by atoms with Crippen molar-refractivity contribution in [1.82, 2.24) is 5.32 Å². The van der Waals surface area contributed by atoms with Crippen LogP contribution in [-0.2, 0) is 4.79 Å². The van der Waals surface area contributed by atoms with Gasteiger partial charge in [-0.05, 0) is 51.4 Å². The van der Waals surface area contributed by atoms with Crippen LogP contribution in [0.15, 0.2) is 36.5 Å². The second-order valence-electron chi connectivity index (χ2n) is 22.5. The molecule has 0 fully saturated rings. The van der Waals surface area contributed by atoms with E-state index >= 15 is 0 Å². The van der Waals surface area contributed by atoms with Gasteiger partial charge < -0.3 is 15.5 Å². The van der Waals surface area contributed by atoms with E-state index in [0.717, 1.165) is 32.1 Å². The first kappa shape index (κ1) is 69.6. The number of rotatable bonds is 61. The summed E-state index contributed by atoms with van der Waals surface area (Å²) in [6.07, 6.45) is 86.4. The number of aliphatic hydroxyl groups is 2. The molecule has 2 unspecified atom stereocenters. The predicted octanol–water partition coefficient (Wildman–Crippen LogP) is 22.0. The minimum atomic E-state index is -0.839. The highest BCUT2D eigenvalue weighted by atomic mass is 16.3. The Labute approximate surface area is 446 Å². The summed E-state index contributed by atoms with van der Waals surface area (Å²) in [5.41, 5.74) is 0. The van der Waals surface area contributed by atoms with Crippen LogP contribution in [0.5, 0.6) is 0 Å². The molecular formula is C67H129NO3. The van der Waals surface area contributed by atoms with Gasteiger partial charge in [-0.15, -0.1) is 0 Å². The van der Waals surface area contributed by atoms with Gasteiger partial charge >= 0.3 is 0 Å². The topological polar surface area (TPSA) is 69.6 Å². The summed E-state index contributed by atoms with van der Waals surface area (Å²) in [7, 11) is 0. The van der Waals surface area contributed by atoms with E-state index in [9.17, 15) is 15.0 Å². The van der Waals surface area contributed by atoms with Crippen LogP contribution in [-0.4, -0.2) is 34.9 Å². The van der Waals surface area contributed by atoms with Crippen molar-refractivity contribution in [2.75, 3.05) is 6.61 Å². The van der Waals surface area contributed by atoms with E-state index < -0.39 is 12.1 Å². The maximum absolute atomic E-state index is 12.5. The zero-order valence-corrected chi connectivity index (χ0v) is 48.5. The molecular weight excluding hydrogens is 867 g/mol. The number of allylic oxidation sites excluding steroid dienone is 5. The second kappa shape index (κ2) is 62.9. The highest BCUT2D eigenvalue weighted by molar-refractivity contribution is 5.76. The first-order valence-corrected chi connectivity index (χ1v) is 32.7. The molecule has 0 bridgehead atoms. The molecule has 0 aliphatic rings. The molecule has 0 saturated carbocycles. The third-order valence-corrected chi connectivity index (χ3v) is 15.4. The highest BCUT2D eigenvalue weighted by Gasteiger charge is 2.18. The number of carbonyl (C=O) groups excluding carboxylic acids is 1. The number of nitrogens with one attached hydrogen (secondary N) is 1. The predicted molar refractivity (Wildman–Crippen MR) is 318 cm³/mol. The fourth-order valence-corrected chi connectivity index (χ4v) is 10.4. The fraction of sp³-hybridized carbons (Fsp3) is 0.896. The Morgan fingerprint density at radius 2 is 0.577 bits per heavy atom. The van der Waals surface area contributed by atoms with Gasteiger partial charge in [0.1, 0.15) is 0 Å². The van der Waals surface area contributed by atoms with Gasteiger partial charge in [0, 0.05) is 6.42 Å². The number of carbonyl (C=O) groups is 1. The van der Waals surface area contributed by atoms with Crippen LogP contribution in [0.4, 0.5) is 0 Å². The van der Waals surface area contributed by atoms with Crippen molar-refractivity contribution in [3.63, 3.8) is 0 Å². The lowest BCUT2D eigenvalue weighted by atomic mass is 10.0. The molecule has 0 radical (unpaired) electrons. The Hall–Kier alpha value is -1.39. The SMILES string of the molecule is CCCCCCC/C=C\C/C=C\CCCCCCCCCCCCCCCCCCCCCCCC(=O)NC(CO)C(O)/C=C/CCCCCCCCCCCCCCCCCCCCCCCCCC. The van der Waals surface area contributed by atoms with E-state index in [2.05, 4.69) is 43.5 Å². The minimum Gasteiger partial charge on any atom is -0.394 e. The third kappa shape index (κ3) is 59.4. The van der Waals surface area contributed by atoms with E-state index in [0.29, 0.717) is 6.42 Å².